The Morgan fingerprint density at radius 3 is 1.53 bits per heavy atom. The fraction of sp³-hybridized carbons (Fsp3) is 0.167. The SMILES string of the molecule is C[Si](C)=[Hf+2]([C]1=C(c2cccc(F)c2)C=CC1)[C]1=C(c2cccc(F)c2)C=CC1.[Cl-].[Cl-]. The van der Waals surface area contributed by atoms with E-state index in [0.29, 0.717) is 0 Å². The summed E-state index contributed by atoms with van der Waals surface area (Å²) in [6.45, 7) is 4.85. The van der Waals surface area contributed by atoms with Crippen LogP contribution in [-0.4, -0.2) is 5.49 Å². The van der Waals surface area contributed by atoms with Gasteiger partial charge in [0.2, 0.25) is 0 Å². The Morgan fingerprint density at radius 2 is 1.17 bits per heavy atom. The molecule has 4 rings (SSSR count). The third-order valence-corrected chi connectivity index (χ3v) is 29.7. The summed E-state index contributed by atoms with van der Waals surface area (Å²) in [5.41, 5.74) is 3.96. The molecule has 0 aromatic heterocycles. The van der Waals surface area contributed by atoms with Gasteiger partial charge in [-0.3, -0.25) is 0 Å². The van der Waals surface area contributed by atoms with Crippen LogP contribution in [0.2, 0.25) is 13.1 Å². The minimum absolute atomic E-state index is 0. The van der Waals surface area contributed by atoms with E-state index in [-0.39, 0.29) is 36.4 Å². The molecule has 0 spiro atoms. The van der Waals surface area contributed by atoms with Crippen molar-refractivity contribution < 1.29 is 53.7 Å². The molecule has 0 fully saturated rings. The van der Waals surface area contributed by atoms with Crippen molar-refractivity contribution >= 4 is 16.6 Å². The Hall–Kier alpha value is -1.07. The predicted molar refractivity (Wildman–Crippen MR) is 112 cm³/mol. The molecule has 0 amide bonds. The van der Waals surface area contributed by atoms with Crippen molar-refractivity contribution in [2.24, 2.45) is 0 Å². The van der Waals surface area contributed by atoms with Crippen LogP contribution in [0.25, 0.3) is 11.1 Å². The first-order valence-corrected chi connectivity index (χ1v) is 21.0. The number of rotatable bonds is 4. The van der Waals surface area contributed by atoms with Gasteiger partial charge in [-0.15, -0.1) is 0 Å². The van der Waals surface area contributed by atoms with E-state index in [4.69, 9.17) is 0 Å². The average Bonchev–Trinajstić information content (AvgIpc) is 3.32. The minimum Gasteiger partial charge on any atom is -1.00 e. The number of hydrogen-bond donors (Lipinski definition) is 0. The molecule has 2 aromatic carbocycles. The average molecular weight is 626 g/mol. The Kier molecular flexibility index (Phi) is 9.23. The number of benzene rings is 2. The van der Waals surface area contributed by atoms with E-state index in [9.17, 15) is 8.78 Å². The zero-order chi connectivity index (χ0) is 19.7. The van der Waals surface area contributed by atoms with E-state index in [1.165, 1.54) is 23.3 Å². The van der Waals surface area contributed by atoms with Crippen molar-refractivity contribution in [2.75, 3.05) is 0 Å². The Labute approximate surface area is 197 Å². The first-order chi connectivity index (χ1) is 13.5. The molecule has 6 heteroatoms. The van der Waals surface area contributed by atoms with Gasteiger partial charge in [-0.25, -0.2) is 0 Å². The van der Waals surface area contributed by atoms with Gasteiger partial charge in [0.15, 0.2) is 0 Å². The van der Waals surface area contributed by atoms with Crippen molar-refractivity contribution in [1.82, 2.24) is 0 Å². The van der Waals surface area contributed by atoms with Crippen LogP contribution < -0.4 is 24.8 Å². The summed E-state index contributed by atoms with van der Waals surface area (Å²) in [4.78, 5) is 0. The van der Waals surface area contributed by atoms with E-state index >= 15 is 0 Å². The van der Waals surface area contributed by atoms with Gasteiger partial charge in [0.25, 0.3) is 0 Å². The molecule has 0 N–H and O–H groups in total. The topological polar surface area (TPSA) is 0 Å². The van der Waals surface area contributed by atoms with E-state index in [0.717, 1.165) is 24.0 Å². The van der Waals surface area contributed by atoms with Crippen LogP contribution in [-0.2, 0) is 20.1 Å². The molecule has 0 unspecified atom stereocenters. The van der Waals surface area contributed by atoms with Crippen molar-refractivity contribution in [3.63, 3.8) is 0 Å². The maximum Gasteiger partial charge on any atom is -1.00 e. The van der Waals surface area contributed by atoms with Crippen molar-refractivity contribution in [3.05, 3.63) is 102 Å². The summed E-state index contributed by atoms with van der Waals surface area (Å²) in [5, 5.41) is 0. The van der Waals surface area contributed by atoms with Crippen molar-refractivity contribution in [1.29, 1.82) is 0 Å². The molecule has 0 nitrogen and oxygen atoms in total. The third kappa shape index (κ3) is 5.21. The Bertz CT molecular complexity index is 1030. The van der Waals surface area contributed by atoms with Gasteiger partial charge in [-0.05, 0) is 0 Å². The molecule has 2 aliphatic rings. The Balaban J connectivity index is 0.00000160. The molecular formula is C24H22Cl2F2HfSi. The maximum absolute atomic E-state index is 13.9. The van der Waals surface area contributed by atoms with Gasteiger partial charge in [-0.2, -0.15) is 0 Å². The molecule has 154 valence electrons. The molecule has 0 bridgehead atoms. The first kappa shape index (κ1) is 25.2. The molecule has 0 saturated carbocycles. The molecule has 0 heterocycles. The monoisotopic (exact) mass is 626 g/mol. The van der Waals surface area contributed by atoms with E-state index < -0.39 is 25.6 Å². The van der Waals surface area contributed by atoms with Gasteiger partial charge >= 0.3 is 174 Å². The minimum atomic E-state index is -2.34. The molecule has 30 heavy (non-hydrogen) atoms. The van der Waals surface area contributed by atoms with E-state index in [1.54, 1.807) is 30.9 Å². The van der Waals surface area contributed by atoms with Gasteiger partial charge in [0, 0.05) is 0 Å². The second-order valence-electron chi connectivity index (χ2n) is 7.39. The second-order valence-corrected chi connectivity index (χ2v) is 31.3. The van der Waals surface area contributed by atoms with Gasteiger partial charge in [0.1, 0.15) is 0 Å². The predicted octanol–water partition coefficient (Wildman–Crippen LogP) is 0.884. The van der Waals surface area contributed by atoms with Crippen LogP contribution in [0.4, 0.5) is 8.78 Å². The normalized spacial score (nSPS) is 14.4. The molecule has 0 atom stereocenters. The third-order valence-electron chi connectivity index (χ3n) is 5.24. The summed E-state index contributed by atoms with van der Waals surface area (Å²) >= 11 is -2.34. The van der Waals surface area contributed by atoms with Crippen LogP contribution in [0.15, 0.2) is 79.5 Å². The molecule has 2 aromatic rings. The zero-order valence-corrected chi connectivity index (χ0v) is 23.0. The molecule has 2 aliphatic carbocycles. The summed E-state index contributed by atoms with van der Waals surface area (Å²) < 4.78 is 30.9. The van der Waals surface area contributed by atoms with Crippen LogP contribution in [0, 0.1) is 11.6 Å². The van der Waals surface area contributed by atoms with Gasteiger partial charge in [-0.1, -0.05) is 0 Å². The van der Waals surface area contributed by atoms with Crippen LogP contribution >= 0.6 is 0 Å². The second kappa shape index (κ2) is 11.0. The van der Waals surface area contributed by atoms with E-state index in [2.05, 4.69) is 37.4 Å². The fourth-order valence-corrected chi connectivity index (χ4v) is 29.4. The number of hydrogen-bond acceptors (Lipinski definition) is 0. The fourth-order valence-electron chi connectivity index (χ4n) is 4.12. The molecule has 0 radical (unpaired) electrons. The Morgan fingerprint density at radius 1 is 0.733 bits per heavy atom. The summed E-state index contributed by atoms with van der Waals surface area (Å²) in [6, 6.07) is 13.9. The number of halogens is 4. The summed E-state index contributed by atoms with van der Waals surface area (Å²) in [6.07, 6.45) is 10.8. The quantitative estimate of drug-likeness (QED) is 0.443. The van der Waals surface area contributed by atoms with Gasteiger partial charge in [0.05, 0.1) is 0 Å². The standard InChI is InChI=1S/2C11H8F.C2H6Si.2ClH.Hf/c2*12-11-7-3-6-10(8-11)9-4-1-2-5-9;1-3-2;;;/h2*1,3-4,6-8H,2H2;1-2H3;2*1H;/q;;;;;+2/p-2. The zero-order valence-electron chi connectivity index (χ0n) is 16.9. The largest absolute Gasteiger partial charge is 1.00 e. The van der Waals surface area contributed by atoms with Crippen LogP contribution in [0.3, 0.4) is 0 Å². The molecule has 0 aliphatic heterocycles. The summed E-state index contributed by atoms with van der Waals surface area (Å²) in [7, 11) is 0. The maximum atomic E-state index is 13.9. The molecular weight excluding hydrogens is 604 g/mol. The van der Waals surface area contributed by atoms with Crippen molar-refractivity contribution in [2.45, 2.75) is 25.9 Å². The van der Waals surface area contributed by atoms with Crippen LogP contribution in [0.5, 0.6) is 0 Å². The van der Waals surface area contributed by atoms with Crippen LogP contribution in [0.1, 0.15) is 24.0 Å². The van der Waals surface area contributed by atoms with E-state index in [1.807, 2.05) is 12.1 Å². The smallest absolute Gasteiger partial charge is 1.00 e. The number of allylic oxidation sites excluding steroid dienone is 8. The first-order valence-electron chi connectivity index (χ1n) is 9.54. The van der Waals surface area contributed by atoms with Gasteiger partial charge < -0.3 is 24.8 Å². The molecule has 0 saturated heterocycles. The van der Waals surface area contributed by atoms with Crippen molar-refractivity contribution in [3.8, 4) is 0 Å². The summed E-state index contributed by atoms with van der Waals surface area (Å²) in [5.74, 6) is -0.366.